The predicted molar refractivity (Wildman–Crippen MR) is 120 cm³/mol. The molecule has 0 aromatic heterocycles. The van der Waals surface area contributed by atoms with E-state index in [1.54, 1.807) is 42.3 Å². The summed E-state index contributed by atoms with van der Waals surface area (Å²) < 4.78 is 13.4. The summed E-state index contributed by atoms with van der Waals surface area (Å²) in [4.78, 5) is 27.8. The number of amides is 2. The Bertz CT molecular complexity index is 1030. The first kappa shape index (κ1) is 22.5. The summed E-state index contributed by atoms with van der Waals surface area (Å²) >= 11 is 6.07. The van der Waals surface area contributed by atoms with Crippen LogP contribution in [0.4, 0.5) is 4.39 Å². The Hall–Kier alpha value is -3.18. The molecule has 3 aromatic carbocycles. The van der Waals surface area contributed by atoms with Crippen LogP contribution in [-0.2, 0) is 29.0 Å². The van der Waals surface area contributed by atoms with Crippen molar-refractivity contribution in [2.75, 3.05) is 7.05 Å². The second kappa shape index (κ2) is 10.7. The Labute approximate surface area is 186 Å². The molecule has 0 fully saturated rings. The van der Waals surface area contributed by atoms with Gasteiger partial charge in [-0.3, -0.25) is 9.59 Å². The van der Waals surface area contributed by atoms with Crippen molar-refractivity contribution < 1.29 is 14.0 Å². The van der Waals surface area contributed by atoms with Gasteiger partial charge in [0.1, 0.15) is 11.9 Å². The highest BCUT2D eigenvalue weighted by molar-refractivity contribution is 6.30. The second-order valence-electron chi connectivity index (χ2n) is 7.27. The Balaban J connectivity index is 1.93. The first-order valence-electron chi connectivity index (χ1n) is 10.00. The number of hydrogen-bond acceptors (Lipinski definition) is 2. The van der Waals surface area contributed by atoms with Crippen LogP contribution in [-0.4, -0.2) is 29.8 Å². The first-order chi connectivity index (χ1) is 15.0. The van der Waals surface area contributed by atoms with Crippen LogP contribution in [0.25, 0.3) is 0 Å². The highest BCUT2D eigenvalue weighted by Crippen LogP contribution is 2.18. The Morgan fingerprint density at radius 1 is 0.935 bits per heavy atom. The van der Waals surface area contributed by atoms with E-state index in [1.807, 2.05) is 36.4 Å². The molecule has 0 unspecified atom stereocenters. The molecule has 31 heavy (non-hydrogen) atoms. The third-order valence-electron chi connectivity index (χ3n) is 5.03. The predicted octanol–water partition coefficient (Wildman–Crippen LogP) is 4.41. The SMILES string of the molecule is CNC(=O)[C@@H](Cc1ccccc1)N(Cc1ccc(F)cc1)C(=O)Cc1cccc(Cl)c1. The molecule has 0 bridgehead atoms. The maximum atomic E-state index is 13.4. The molecule has 4 nitrogen and oxygen atoms in total. The van der Waals surface area contributed by atoms with Gasteiger partial charge in [-0.2, -0.15) is 0 Å². The fraction of sp³-hybridized carbons (Fsp3) is 0.200. The standard InChI is InChI=1S/C25H24ClFN2O2/c1-28-25(31)23(15-18-6-3-2-4-7-18)29(17-19-10-12-22(27)13-11-19)24(30)16-20-8-5-9-21(26)14-20/h2-14,23H,15-17H2,1H3,(H,28,31)/t23-/m1/s1. The van der Waals surface area contributed by atoms with Crippen LogP contribution in [0.1, 0.15) is 16.7 Å². The molecule has 0 aliphatic carbocycles. The zero-order valence-corrected chi connectivity index (χ0v) is 18.0. The van der Waals surface area contributed by atoms with Gasteiger partial charge in [-0.25, -0.2) is 4.39 Å². The average Bonchev–Trinajstić information content (AvgIpc) is 2.77. The van der Waals surface area contributed by atoms with E-state index >= 15 is 0 Å². The number of carbonyl (C=O) groups excluding carboxylic acids is 2. The third-order valence-corrected chi connectivity index (χ3v) is 5.26. The van der Waals surface area contributed by atoms with Crippen LogP contribution in [0, 0.1) is 5.82 Å². The molecule has 3 rings (SSSR count). The minimum absolute atomic E-state index is 0.101. The molecule has 3 aromatic rings. The lowest BCUT2D eigenvalue weighted by Crippen LogP contribution is -2.50. The number of carbonyl (C=O) groups is 2. The van der Waals surface area contributed by atoms with Crippen LogP contribution in [0.15, 0.2) is 78.9 Å². The number of likely N-dealkylation sites (N-methyl/N-ethyl adjacent to an activating group) is 1. The molecule has 6 heteroatoms. The molecule has 1 atom stereocenters. The molecule has 0 radical (unpaired) electrons. The highest BCUT2D eigenvalue weighted by atomic mass is 35.5. The zero-order chi connectivity index (χ0) is 22.2. The van der Waals surface area contributed by atoms with Crippen molar-refractivity contribution in [3.63, 3.8) is 0 Å². The molecular formula is C25H24ClFN2O2. The minimum atomic E-state index is -0.718. The van der Waals surface area contributed by atoms with E-state index < -0.39 is 6.04 Å². The van der Waals surface area contributed by atoms with Gasteiger partial charge in [0.25, 0.3) is 0 Å². The molecule has 2 amide bonds. The number of hydrogen-bond donors (Lipinski definition) is 1. The topological polar surface area (TPSA) is 49.4 Å². The Morgan fingerprint density at radius 2 is 1.61 bits per heavy atom. The summed E-state index contributed by atoms with van der Waals surface area (Å²) in [5.74, 6) is -0.825. The number of nitrogens with zero attached hydrogens (tertiary/aromatic N) is 1. The van der Waals surface area contributed by atoms with Crippen molar-refractivity contribution >= 4 is 23.4 Å². The lowest BCUT2D eigenvalue weighted by molar-refractivity contribution is -0.140. The van der Waals surface area contributed by atoms with E-state index in [0.717, 1.165) is 16.7 Å². The zero-order valence-electron chi connectivity index (χ0n) is 17.2. The molecular weight excluding hydrogens is 415 g/mol. The van der Waals surface area contributed by atoms with E-state index in [1.165, 1.54) is 12.1 Å². The Kier molecular flexibility index (Phi) is 7.79. The van der Waals surface area contributed by atoms with Crippen molar-refractivity contribution in [2.45, 2.75) is 25.4 Å². The highest BCUT2D eigenvalue weighted by Gasteiger charge is 2.29. The van der Waals surface area contributed by atoms with Gasteiger partial charge in [-0.1, -0.05) is 66.2 Å². The van der Waals surface area contributed by atoms with E-state index in [0.29, 0.717) is 11.4 Å². The van der Waals surface area contributed by atoms with Gasteiger partial charge in [0.15, 0.2) is 0 Å². The molecule has 0 aliphatic heterocycles. The largest absolute Gasteiger partial charge is 0.357 e. The summed E-state index contributed by atoms with van der Waals surface area (Å²) in [6.45, 7) is 0.185. The maximum absolute atomic E-state index is 13.4. The van der Waals surface area contributed by atoms with Crippen LogP contribution in [0.3, 0.4) is 0 Å². The summed E-state index contributed by atoms with van der Waals surface area (Å²) in [5, 5.41) is 3.22. The quantitative estimate of drug-likeness (QED) is 0.566. The summed E-state index contributed by atoms with van der Waals surface area (Å²) in [7, 11) is 1.55. The number of halogens is 2. The van der Waals surface area contributed by atoms with Crippen LogP contribution in [0.5, 0.6) is 0 Å². The molecule has 0 saturated carbocycles. The average molecular weight is 439 g/mol. The maximum Gasteiger partial charge on any atom is 0.242 e. The van der Waals surface area contributed by atoms with Crippen LogP contribution in [0.2, 0.25) is 5.02 Å². The first-order valence-corrected chi connectivity index (χ1v) is 10.4. The second-order valence-corrected chi connectivity index (χ2v) is 7.71. The lowest BCUT2D eigenvalue weighted by atomic mass is 10.0. The van der Waals surface area contributed by atoms with Gasteiger partial charge in [-0.05, 0) is 41.0 Å². The number of rotatable bonds is 8. The van der Waals surface area contributed by atoms with Gasteiger partial charge in [0.05, 0.1) is 6.42 Å². The Morgan fingerprint density at radius 3 is 2.26 bits per heavy atom. The summed E-state index contributed by atoms with van der Waals surface area (Å²) in [6, 6.07) is 21.9. The number of benzene rings is 3. The normalized spacial score (nSPS) is 11.6. The monoisotopic (exact) mass is 438 g/mol. The fourth-order valence-electron chi connectivity index (χ4n) is 3.43. The smallest absolute Gasteiger partial charge is 0.242 e. The summed E-state index contributed by atoms with van der Waals surface area (Å²) in [6.07, 6.45) is 0.465. The van der Waals surface area contributed by atoms with Crippen LogP contribution < -0.4 is 5.32 Å². The fourth-order valence-corrected chi connectivity index (χ4v) is 3.64. The van der Waals surface area contributed by atoms with Crippen molar-refractivity contribution in [3.8, 4) is 0 Å². The molecule has 0 saturated heterocycles. The van der Waals surface area contributed by atoms with E-state index in [9.17, 15) is 14.0 Å². The molecule has 1 N–H and O–H groups in total. The van der Waals surface area contributed by atoms with Gasteiger partial charge in [0.2, 0.25) is 11.8 Å². The molecule has 160 valence electrons. The van der Waals surface area contributed by atoms with Gasteiger partial charge < -0.3 is 10.2 Å². The van der Waals surface area contributed by atoms with Gasteiger partial charge >= 0.3 is 0 Å². The summed E-state index contributed by atoms with van der Waals surface area (Å²) in [5.41, 5.74) is 2.44. The van der Waals surface area contributed by atoms with Crippen molar-refractivity contribution in [3.05, 3.63) is 106 Å². The van der Waals surface area contributed by atoms with Gasteiger partial charge in [-0.15, -0.1) is 0 Å². The van der Waals surface area contributed by atoms with Gasteiger partial charge in [0, 0.05) is 25.0 Å². The van der Waals surface area contributed by atoms with Crippen molar-refractivity contribution in [1.29, 1.82) is 0 Å². The van der Waals surface area contributed by atoms with E-state index in [-0.39, 0.29) is 30.6 Å². The van der Waals surface area contributed by atoms with Crippen molar-refractivity contribution in [2.24, 2.45) is 0 Å². The molecule has 0 aliphatic rings. The minimum Gasteiger partial charge on any atom is -0.357 e. The number of nitrogens with one attached hydrogen (secondary N) is 1. The van der Waals surface area contributed by atoms with E-state index in [2.05, 4.69) is 5.32 Å². The molecule has 0 heterocycles. The van der Waals surface area contributed by atoms with E-state index in [4.69, 9.17) is 11.6 Å². The third kappa shape index (κ3) is 6.40. The lowest BCUT2D eigenvalue weighted by Gasteiger charge is -2.31. The van der Waals surface area contributed by atoms with Crippen molar-refractivity contribution in [1.82, 2.24) is 10.2 Å². The molecule has 0 spiro atoms. The van der Waals surface area contributed by atoms with Crippen LogP contribution >= 0.6 is 11.6 Å².